The summed E-state index contributed by atoms with van der Waals surface area (Å²) in [5, 5.41) is 13.8. The van der Waals surface area contributed by atoms with Crippen LogP contribution in [0, 0.1) is 0 Å². The maximum atomic E-state index is 13.9. The minimum absolute atomic E-state index is 0.0711. The lowest BCUT2D eigenvalue weighted by Gasteiger charge is -2.37. The first-order valence-corrected chi connectivity index (χ1v) is 15.1. The number of hydrogen-bond donors (Lipinski definition) is 2. The largest absolute Gasteiger partial charge is 0.473 e. The van der Waals surface area contributed by atoms with Gasteiger partial charge in [-0.05, 0) is 80.4 Å². The first-order valence-electron chi connectivity index (χ1n) is 15.1. The zero-order chi connectivity index (χ0) is 29.7. The molecule has 11 heteroatoms. The summed E-state index contributed by atoms with van der Waals surface area (Å²) in [6.07, 6.45) is 12.3. The van der Waals surface area contributed by atoms with Gasteiger partial charge in [0.15, 0.2) is 12.0 Å². The molecule has 11 nitrogen and oxygen atoms in total. The first-order chi connectivity index (χ1) is 20.9. The molecule has 1 saturated heterocycles. The molecule has 4 aliphatic rings. The SMILES string of the molecule is CN1C=CC(Nc2ccc(OC3CCN3C)cn2)C(=O)C1c1ccnc(N2CCn3c(cc4c3CCCC4)C2=O)c1CO. The van der Waals surface area contributed by atoms with Crippen LogP contribution >= 0.6 is 0 Å². The van der Waals surface area contributed by atoms with Gasteiger partial charge in [-0.3, -0.25) is 19.4 Å². The van der Waals surface area contributed by atoms with Crippen molar-refractivity contribution < 1.29 is 19.4 Å². The van der Waals surface area contributed by atoms with E-state index < -0.39 is 12.1 Å². The zero-order valence-corrected chi connectivity index (χ0v) is 24.6. The molecule has 2 N–H and O–H groups in total. The molecule has 0 spiro atoms. The van der Waals surface area contributed by atoms with Gasteiger partial charge in [-0.25, -0.2) is 9.97 Å². The van der Waals surface area contributed by atoms with Gasteiger partial charge in [-0.2, -0.15) is 0 Å². The van der Waals surface area contributed by atoms with Crippen molar-refractivity contribution in [2.45, 2.75) is 63.6 Å². The number of fused-ring (bicyclic) bond motifs is 3. The Labute approximate surface area is 250 Å². The summed E-state index contributed by atoms with van der Waals surface area (Å²) >= 11 is 0. The number of aliphatic hydroxyl groups excluding tert-OH is 1. The maximum absolute atomic E-state index is 13.9. The number of rotatable bonds is 7. The molecule has 0 bridgehead atoms. The van der Waals surface area contributed by atoms with Crippen LogP contribution in [0.1, 0.15) is 58.2 Å². The number of nitrogens with zero attached hydrogens (tertiary/aromatic N) is 6. The molecule has 1 amide bonds. The molecule has 43 heavy (non-hydrogen) atoms. The van der Waals surface area contributed by atoms with Gasteiger partial charge >= 0.3 is 0 Å². The lowest BCUT2D eigenvalue weighted by Crippen LogP contribution is -2.48. The molecule has 3 aromatic rings. The highest BCUT2D eigenvalue weighted by atomic mass is 16.5. The number of amides is 1. The second-order valence-corrected chi connectivity index (χ2v) is 11.8. The monoisotopic (exact) mass is 583 g/mol. The van der Waals surface area contributed by atoms with E-state index in [0.717, 1.165) is 38.6 Å². The predicted octanol–water partition coefficient (Wildman–Crippen LogP) is 2.90. The normalized spacial score (nSPS) is 23.6. The highest BCUT2D eigenvalue weighted by Gasteiger charge is 2.37. The summed E-state index contributed by atoms with van der Waals surface area (Å²) in [5.41, 5.74) is 4.34. The van der Waals surface area contributed by atoms with Gasteiger partial charge in [0.05, 0.1) is 12.8 Å². The molecule has 3 unspecified atom stereocenters. The average Bonchev–Trinajstić information content (AvgIpc) is 3.41. The summed E-state index contributed by atoms with van der Waals surface area (Å²) in [7, 11) is 3.86. The van der Waals surface area contributed by atoms with Crippen LogP contribution < -0.4 is 15.0 Å². The van der Waals surface area contributed by atoms with Crippen LogP contribution in [-0.2, 0) is 30.8 Å². The van der Waals surface area contributed by atoms with Gasteiger partial charge in [0.25, 0.3) is 5.91 Å². The summed E-state index contributed by atoms with van der Waals surface area (Å²) in [6.45, 7) is 1.80. The zero-order valence-electron chi connectivity index (χ0n) is 24.6. The number of nitrogens with one attached hydrogen (secondary N) is 1. The number of aromatic nitrogens is 3. The van der Waals surface area contributed by atoms with Crippen LogP contribution in [0.2, 0.25) is 0 Å². The number of ketones is 1. The van der Waals surface area contributed by atoms with E-state index in [1.807, 2.05) is 43.4 Å². The Morgan fingerprint density at radius 1 is 1.07 bits per heavy atom. The van der Waals surface area contributed by atoms with Gasteiger partial charge in [-0.15, -0.1) is 0 Å². The van der Waals surface area contributed by atoms with E-state index >= 15 is 0 Å². The van der Waals surface area contributed by atoms with Crippen LogP contribution in [-0.4, -0.2) is 80.6 Å². The van der Waals surface area contributed by atoms with E-state index in [2.05, 4.69) is 24.8 Å². The fraction of sp³-hybridized carbons (Fsp3) is 0.438. The highest BCUT2D eigenvalue weighted by Crippen LogP contribution is 2.35. The average molecular weight is 584 g/mol. The second kappa shape index (κ2) is 11.1. The van der Waals surface area contributed by atoms with Crippen LogP contribution in [0.25, 0.3) is 0 Å². The number of pyridine rings is 2. The van der Waals surface area contributed by atoms with Gasteiger partial charge in [0.2, 0.25) is 0 Å². The topological polar surface area (TPSA) is 116 Å². The third kappa shape index (κ3) is 4.86. The smallest absolute Gasteiger partial charge is 0.276 e. The highest BCUT2D eigenvalue weighted by molar-refractivity contribution is 6.06. The number of carbonyl (C=O) groups excluding carboxylic acids is 2. The Kier molecular flexibility index (Phi) is 7.14. The number of anilines is 2. The van der Waals surface area contributed by atoms with Gasteiger partial charge < -0.3 is 24.6 Å². The number of hydrogen-bond acceptors (Lipinski definition) is 9. The summed E-state index contributed by atoms with van der Waals surface area (Å²) in [6, 6.07) is 6.14. The lowest BCUT2D eigenvalue weighted by atomic mass is 9.91. The third-order valence-corrected chi connectivity index (χ3v) is 9.23. The van der Waals surface area contributed by atoms with Crippen molar-refractivity contribution in [2.75, 3.05) is 37.4 Å². The molecule has 3 aliphatic heterocycles. The van der Waals surface area contributed by atoms with Crippen LogP contribution in [0.5, 0.6) is 5.75 Å². The number of likely N-dealkylation sites (N-methyl/N-ethyl adjacent to an activating group) is 1. The van der Waals surface area contributed by atoms with E-state index in [4.69, 9.17) is 4.74 Å². The number of aryl methyl sites for hydroxylation is 1. The van der Waals surface area contributed by atoms with Crippen LogP contribution in [0.15, 0.2) is 48.9 Å². The fourth-order valence-electron chi connectivity index (χ4n) is 6.74. The van der Waals surface area contributed by atoms with Crippen molar-refractivity contribution in [2.24, 2.45) is 0 Å². The number of aliphatic hydroxyl groups is 1. The molecule has 1 aliphatic carbocycles. The maximum Gasteiger partial charge on any atom is 0.276 e. The molecule has 6 heterocycles. The molecule has 224 valence electrons. The van der Waals surface area contributed by atoms with Crippen LogP contribution in [0.4, 0.5) is 11.6 Å². The van der Waals surface area contributed by atoms with Crippen molar-refractivity contribution in [3.63, 3.8) is 0 Å². The third-order valence-electron chi connectivity index (χ3n) is 9.23. The van der Waals surface area contributed by atoms with Crippen molar-refractivity contribution in [1.82, 2.24) is 24.3 Å². The van der Waals surface area contributed by atoms with E-state index in [-0.39, 0.29) is 24.5 Å². The number of Topliss-reactive ketones (excluding diaryl/α,β-unsaturated/α-hetero) is 1. The Bertz CT molecular complexity index is 1580. The number of carbonyl (C=O) groups is 2. The molecule has 3 atom stereocenters. The van der Waals surface area contributed by atoms with Crippen molar-refractivity contribution in [3.8, 4) is 5.75 Å². The van der Waals surface area contributed by atoms with Gasteiger partial charge in [0.1, 0.15) is 35.2 Å². The Balaban J connectivity index is 1.12. The molecule has 3 aromatic heterocycles. The summed E-state index contributed by atoms with van der Waals surface area (Å²) in [4.78, 5) is 42.3. The van der Waals surface area contributed by atoms with E-state index in [0.29, 0.717) is 47.3 Å². The first kappa shape index (κ1) is 27.6. The standard InChI is InChI=1S/C32H37N7O4/c1-36-14-11-28(36)43-21-7-8-27(34-18-21)35-24-10-13-37(2)29(30(24)41)22-9-12-33-31(23(22)19-40)39-16-15-38-25-6-4-3-5-20(25)17-26(38)32(39)42/h7-10,12-13,17-18,24,28-29,40H,3-6,11,14-16,19H2,1-2H3,(H,34,35). The van der Waals surface area contributed by atoms with E-state index in [1.54, 1.807) is 29.4 Å². The quantitative estimate of drug-likeness (QED) is 0.433. The van der Waals surface area contributed by atoms with Crippen molar-refractivity contribution in [3.05, 3.63) is 77.0 Å². The molecule has 0 saturated carbocycles. The van der Waals surface area contributed by atoms with Crippen molar-refractivity contribution >= 4 is 23.3 Å². The van der Waals surface area contributed by atoms with Crippen LogP contribution in [0.3, 0.4) is 0 Å². The van der Waals surface area contributed by atoms with Gasteiger partial charge in [-0.1, -0.05) is 0 Å². The predicted molar refractivity (Wildman–Crippen MR) is 161 cm³/mol. The second-order valence-electron chi connectivity index (χ2n) is 11.8. The van der Waals surface area contributed by atoms with Gasteiger partial charge in [0, 0.05) is 50.6 Å². The molecule has 7 rings (SSSR count). The Morgan fingerprint density at radius 3 is 2.67 bits per heavy atom. The molecular formula is C32H37N7O4. The fourth-order valence-corrected chi connectivity index (χ4v) is 6.74. The minimum atomic E-state index is -0.681. The molecule has 0 aromatic carbocycles. The van der Waals surface area contributed by atoms with Crippen molar-refractivity contribution in [1.29, 1.82) is 0 Å². The lowest BCUT2D eigenvalue weighted by molar-refractivity contribution is -0.123. The molecule has 1 fully saturated rings. The summed E-state index contributed by atoms with van der Waals surface area (Å²) < 4.78 is 8.10. The minimum Gasteiger partial charge on any atom is -0.473 e. The number of ether oxygens (including phenoxy) is 1. The summed E-state index contributed by atoms with van der Waals surface area (Å²) in [5.74, 6) is 1.43. The van der Waals surface area contributed by atoms with E-state index in [1.165, 1.54) is 11.3 Å². The Morgan fingerprint density at radius 2 is 1.93 bits per heavy atom. The molecule has 0 radical (unpaired) electrons. The number of likely N-dealkylation sites (tertiary alicyclic amines) is 1. The Hall–Kier alpha value is -4.22. The molecular weight excluding hydrogens is 546 g/mol. The van der Waals surface area contributed by atoms with E-state index in [9.17, 15) is 14.7 Å².